The van der Waals surface area contributed by atoms with Crippen molar-refractivity contribution in [1.82, 2.24) is 4.98 Å². The highest BCUT2D eigenvalue weighted by atomic mass is 32.2. The van der Waals surface area contributed by atoms with Gasteiger partial charge in [0, 0.05) is 29.3 Å². The number of aromatic nitrogens is 1. The third-order valence-electron chi connectivity index (χ3n) is 3.92. The summed E-state index contributed by atoms with van der Waals surface area (Å²) in [4.78, 5) is 39.4. The first-order valence-corrected chi connectivity index (χ1v) is 9.51. The maximum Gasteiger partial charge on any atom is 0.270 e. The highest BCUT2D eigenvalue weighted by Gasteiger charge is 2.12. The minimum atomic E-state index is -0.664. The Morgan fingerprint density at radius 2 is 1.87 bits per heavy atom. The number of rotatable bonds is 7. The number of carbonyl (C=O) groups is 2. The van der Waals surface area contributed by atoms with Gasteiger partial charge in [-0.3, -0.25) is 19.7 Å². The first-order chi connectivity index (χ1) is 14.4. The molecule has 0 unspecified atom stereocenters. The molecule has 1 heterocycles. The number of anilines is 1. The molecule has 0 aliphatic rings. The van der Waals surface area contributed by atoms with E-state index in [-0.39, 0.29) is 16.9 Å². The summed E-state index contributed by atoms with van der Waals surface area (Å²) >= 11 is 1.32. The van der Waals surface area contributed by atoms with Crippen molar-refractivity contribution in [3.63, 3.8) is 0 Å². The zero-order valence-electron chi connectivity index (χ0n) is 15.5. The number of nitrogens with one attached hydrogen (secondary N) is 1. The van der Waals surface area contributed by atoms with E-state index in [1.807, 2.05) is 12.1 Å². The van der Waals surface area contributed by atoms with E-state index in [0.29, 0.717) is 15.5 Å². The lowest BCUT2D eigenvalue weighted by atomic mass is 10.1. The van der Waals surface area contributed by atoms with Crippen LogP contribution in [0.25, 0.3) is 6.08 Å². The van der Waals surface area contributed by atoms with Gasteiger partial charge in [0.15, 0.2) is 0 Å². The van der Waals surface area contributed by atoms with Crippen molar-refractivity contribution in [1.29, 1.82) is 0 Å². The Balaban J connectivity index is 1.85. The molecule has 8 nitrogen and oxygen atoms in total. The maximum atomic E-state index is 12.3. The SMILES string of the molecule is NC(=O)c1ccccc1NC(=O)/C=C/c1cc([N+](=O)[O-])ccc1Sc1ccccn1. The Bertz CT molecular complexity index is 1130. The second kappa shape index (κ2) is 9.48. The van der Waals surface area contributed by atoms with Crippen LogP contribution >= 0.6 is 11.8 Å². The quantitative estimate of drug-likeness (QED) is 0.339. The molecule has 0 spiro atoms. The van der Waals surface area contributed by atoms with Gasteiger partial charge in [0.05, 0.1) is 16.2 Å². The van der Waals surface area contributed by atoms with Crippen LogP contribution in [0.1, 0.15) is 15.9 Å². The van der Waals surface area contributed by atoms with Gasteiger partial charge in [-0.05, 0) is 42.0 Å². The van der Waals surface area contributed by atoms with E-state index in [2.05, 4.69) is 10.3 Å². The highest BCUT2D eigenvalue weighted by Crippen LogP contribution is 2.32. The van der Waals surface area contributed by atoms with Gasteiger partial charge in [0.1, 0.15) is 5.03 Å². The van der Waals surface area contributed by atoms with Gasteiger partial charge in [-0.25, -0.2) is 4.98 Å². The normalized spacial score (nSPS) is 10.7. The van der Waals surface area contributed by atoms with E-state index in [1.165, 1.54) is 42.1 Å². The van der Waals surface area contributed by atoms with Crippen LogP contribution in [-0.4, -0.2) is 21.7 Å². The molecule has 2 aromatic carbocycles. The number of nitrogens with two attached hydrogens (primary N) is 1. The Kier molecular flexibility index (Phi) is 6.56. The molecule has 3 rings (SSSR count). The molecule has 2 amide bonds. The summed E-state index contributed by atoms with van der Waals surface area (Å²) in [5, 5.41) is 14.4. The predicted molar refractivity (Wildman–Crippen MR) is 114 cm³/mol. The number of nitrogens with zero attached hydrogens (tertiary/aromatic N) is 2. The minimum absolute atomic E-state index is 0.0977. The van der Waals surface area contributed by atoms with E-state index in [1.54, 1.807) is 36.5 Å². The van der Waals surface area contributed by atoms with Gasteiger partial charge in [0.25, 0.3) is 11.6 Å². The molecule has 0 aliphatic carbocycles. The molecule has 0 saturated carbocycles. The van der Waals surface area contributed by atoms with Gasteiger partial charge in [-0.1, -0.05) is 30.0 Å². The van der Waals surface area contributed by atoms with Crippen LogP contribution in [-0.2, 0) is 4.79 Å². The molecule has 0 atom stereocenters. The lowest BCUT2D eigenvalue weighted by molar-refractivity contribution is -0.384. The largest absolute Gasteiger partial charge is 0.366 e. The standard InChI is InChI=1S/C21H16N4O4S/c22-21(27)16-5-1-2-6-17(16)24-19(26)11-8-14-13-15(25(28)29)9-10-18(14)30-20-7-3-4-12-23-20/h1-13H,(H2,22,27)(H,24,26)/b11-8+. The van der Waals surface area contributed by atoms with Crippen molar-refractivity contribution in [2.45, 2.75) is 9.92 Å². The second-order valence-electron chi connectivity index (χ2n) is 5.98. The average Bonchev–Trinajstić information content (AvgIpc) is 2.74. The number of primary amides is 1. The zero-order chi connectivity index (χ0) is 21.5. The summed E-state index contributed by atoms with van der Waals surface area (Å²) in [5.41, 5.74) is 6.16. The number of hydrogen-bond donors (Lipinski definition) is 2. The summed E-state index contributed by atoms with van der Waals surface area (Å²) in [6.45, 7) is 0. The molecular weight excluding hydrogens is 404 g/mol. The van der Waals surface area contributed by atoms with Crippen molar-refractivity contribution in [2.75, 3.05) is 5.32 Å². The fourth-order valence-corrected chi connectivity index (χ4v) is 3.41. The Hall–Kier alpha value is -3.98. The number of nitro groups is 1. The molecule has 150 valence electrons. The Morgan fingerprint density at radius 1 is 1.10 bits per heavy atom. The number of carbonyl (C=O) groups excluding carboxylic acids is 2. The number of amides is 2. The lowest BCUT2D eigenvalue weighted by Crippen LogP contribution is -2.16. The number of benzene rings is 2. The topological polar surface area (TPSA) is 128 Å². The summed E-state index contributed by atoms with van der Waals surface area (Å²) in [6.07, 6.45) is 4.35. The van der Waals surface area contributed by atoms with Crippen LogP contribution in [0.3, 0.4) is 0 Å². The van der Waals surface area contributed by atoms with Crippen molar-refractivity contribution < 1.29 is 14.5 Å². The molecular formula is C21H16N4O4S. The Morgan fingerprint density at radius 3 is 2.57 bits per heavy atom. The molecule has 0 bridgehead atoms. The molecule has 0 radical (unpaired) electrons. The Labute approximate surface area is 176 Å². The number of para-hydroxylation sites is 1. The summed E-state index contributed by atoms with van der Waals surface area (Å²) in [5.74, 6) is -1.17. The maximum absolute atomic E-state index is 12.3. The predicted octanol–water partition coefficient (Wildman–Crippen LogP) is 3.89. The third kappa shape index (κ3) is 5.30. The van der Waals surface area contributed by atoms with Crippen molar-refractivity contribution >= 4 is 41.0 Å². The van der Waals surface area contributed by atoms with Crippen LogP contribution in [0.15, 0.2) is 82.9 Å². The van der Waals surface area contributed by atoms with E-state index < -0.39 is 16.7 Å². The highest BCUT2D eigenvalue weighted by molar-refractivity contribution is 7.99. The van der Waals surface area contributed by atoms with Crippen LogP contribution in [0, 0.1) is 10.1 Å². The van der Waals surface area contributed by atoms with E-state index in [0.717, 1.165) is 0 Å². The van der Waals surface area contributed by atoms with Gasteiger partial charge in [-0.15, -0.1) is 0 Å². The van der Waals surface area contributed by atoms with Crippen LogP contribution < -0.4 is 11.1 Å². The van der Waals surface area contributed by atoms with E-state index in [9.17, 15) is 19.7 Å². The summed E-state index contributed by atoms with van der Waals surface area (Å²) in [6, 6.07) is 16.2. The van der Waals surface area contributed by atoms with Crippen LogP contribution in [0.2, 0.25) is 0 Å². The fraction of sp³-hybridized carbons (Fsp3) is 0. The molecule has 0 saturated heterocycles. The van der Waals surface area contributed by atoms with Gasteiger partial charge < -0.3 is 11.1 Å². The zero-order valence-corrected chi connectivity index (χ0v) is 16.3. The van der Waals surface area contributed by atoms with Gasteiger partial charge >= 0.3 is 0 Å². The third-order valence-corrected chi connectivity index (χ3v) is 4.96. The lowest BCUT2D eigenvalue weighted by Gasteiger charge is -2.07. The molecule has 3 N–H and O–H groups in total. The number of non-ortho nitro benzene ring substituents is 1. The van der Waals surface area contributed by atoms with Crippen LogP contribution in [0.5, 0.6) is 0 Å². The van der Waals surface area contributed by atoms with Gasteiger partial charge in [-0.2, -0.15) is 0 Å². The molecule has 1 aromatic heterocycles. The number of nitro benzene ring substituents is 1. The van der Waals surface area contributed by atoms with E-state index in [4.69, 9.17) is 5.73 Å². The molecule has 30 heavy (non-hydrogen) atoms. The fourth-order valence-electron chi connectivity index (χ4n) is 2.54. The number of pyridine rings is 1. The minimum Gasteiger partial charge on any atom is -0.366 e. The van der Waals surface area contributed by atoms with Crippen molar-refractivity contribution in [2.24, 2.45) is 5.73 Å². The first-order valence-electron chi connectivity index (χ1n) is 8.69. The number of hydrogen-bond acceptors (Lipinski definition) is 6. The first kappa shape index (κ1) is 20.7. The molecule has 0 aliphatic heterocycles. The molecule has 0 fully saturated rings. The van der Waals surface area contributed by atoms with E-state index >= 15 is 0 Å². The second-order valence-corrected chi connectivity index (χ2v) is 7.04. The molecule has 9 heteroatoms. The molecule has 3 aromatic rings. The average molecular weight is 420 g/mol. The van der Waals surface area contributed by atoms with Gasteiger partial charge in [0.2, 0.25) is 5.91 Å². The summed E-state index contributed by atoms with van der Waals surface area (Å²) in [7, 11) is 0. The monoisotopic (exact) mass is 420 g/mol. The van der Waals surface area contributed by atoms with Crippen LogP contribution in [0.4, 0.5) is 11.4 Å². The van der Waals surface area contributed by atoms with Crippen molar-refractivity contribution in [3.8, 4) is 0 Å². The smallest absolute Gasteiger partial charge is 0.270 e. The van der Waals surface area contributed by atoms with Crippen molar-refractivity contribution in [3.05, 3.63) is 94.2 Å². The summed E-state index contributed by atoms with van der Waals surface area (Å²) < 4.78 is 0.